The summed E-state index contributed by atoms with van der Waals surface area (Å²) in [4.78, 5) is 2.63. The number of nitrogens with zero attached hydrogens (tertiary/aromatic N) is 1. The molecule has 1 aliphatic carbocycles. The van der Waals surface area contributed by atoms with Gasteiger partial charge in [0.2, 0.25) is 0 Å². The quantitative estimate of drug-likeness (QED) is 0.808. The highest BCUT2D eigenvalue weighted by atomic mass is 35.5. The zero-order valence-electron chi connectivity index (χ0n) is 14.1. The van der Waals surface area contributed by atoms with Crippen LogP contribution in [0.15, 0.2) is 0 Å². The average Bonchev–Trinajstić information content (AvgIpc) is 2.98. The molecule has 5 heteroatoms. The van der Waals surface area contributed by atoms with Gasteiger partial charge in [0.25, 0.3) is 0 Å². The molecule has 3 rings (SSSR count). The van der Waals surface area contributed by atoms with Crippen LogP contribution < -0.4 is 10.6 Å². The van der Waals surface area contributed by atoms with Crippen LogP contribution in [0, 0.1) is 5.92 Å². The van der Waals surface area contributed by atoms with E-state index in [9.17, 15) is 0 Å². The van der Waals surface area contributed by atoms with E-state index >= 15 is 0 Å². The highest BCUT2D eigenvalue weighted by Gasteiger charge is 2.36. The van der Waals surface area contributed by atoms with Crippen molar-refractivity contribution in [1.82, 2.24) is 15.5 Å². The SMILES string of the molecule is CCCN1CCC(NC2CCCC2C2COCCN2)CC1.Cl. The summed E-state index contributed by atoms with van der Waals surface area (Å²) in [5, 5.41) is 7.68. The van der Waals surface area contributed by atoms with Crippen LogP contribution in [0.3, 0.4) is 0 Å². The molecule has 3 fully saturated rings. The normalized spacial score (nSPS) is 34.5. The molecule has 0 amide bonds. The van der Waals surface area contributed by atoms with Crippen molar-refractivity contribution in [1.29, 1.82) is 0 Å². The second-order valence-corrected chi connectivity index (χ2v) is 7.12. The van der Waals surface area contributed by atoms with Crippen molar-refractivity contribution >= 4 is 12.4 Å². The van der Waals surface area contributed by atoms with Crippen molar-refractivity contribution in [2.24, 2.45) is 5.92 Å². The Morgan fingerprint density at radius 1 is 1.18 bits per heavy atom. The molecule has 3 atom stereocenters. The summed E-state index contributed by atoms with van der Waals surface area (Å²) in [6.07, 6.45) is 8.06. The molecule has 0 aromatic heterocycles. The Bertz CT molecular complexity index is 304. The minimum Gasteiger partial charge on any atom is -0.379 e. The zero-order chi connectivity index (χ0) is 14.5. The predicted molar refractivity (Wildman–Crippen MR) is 93.9 cm³/mol. The lowest BCUT2D eigenvalue weighted by Crippen LogP contribution is -2.53. The minimum absolute atomic E-state index is 0. The molecule has 0 bridgehead atoms. The van der Waals surface area contributed by atoms with Crippen molar-refractivity contribution in [3.05, 3.63) is 0 Å². The Hall–Kier alpha value is 0.130. The summed E-state index contributed by atoms with van der Waals surface area (Å²) in [5.74, 6) is 0.777. The Kier molecular flexibility index (Phi) is 7.92. The fourth-order valence-corrected chi connectivity index (χ4v) is 4.48. The highest BCUT2D eigenvalue weighted by molar-refractivity contribution is 5.85. The molecule has 2 aliphatic heterocycles. The first-order chi connectivity index (χ1) is 10.4. The van der Waals surface area contributed by atoms with Crippen LogP contribution >= 0.6 is 12.4 Å². The molecule has 0 radical (unpaired) electrons. The van der Waals surface area contributed by atoms with Crippen LogP contribution in [-0.2, 0) is 4.74 Å². The third kappa shape index (κ3) is 4.81. The Morgan fingerprint density at radius 2 is 2.00 bits per heavy atom. The van der Waals surface area contributed by atoms with Crippen LogP contribution in [0.4, 0.5) is 0 Å². The van der Waals surface area contributed by atoms with Gasteiger partial charge in [-0.05, 0) is 57.7 Å². The Labute approximate surface area is 142 Å². The lowest BCUT2D eigenvalue weighted by atomic mass is 9.92. The lowest BCUT2D eigenvalue weighted by molar-refractivity contribution is 0.0506. The molecule has 2 N–H and O–H groups in total. The molecule has 3 aliphatic rings. The highest BCUT2D eigenvalue weighted by Crippen LogP contribution is 2.30. The van der Waals surface area contributed by atoms with E-state index in [1.807, 2.05) is 0 Å². The summed E-state index contributed by atoms with van der Waals surface area (Å²) in [6, 6.07) is 2.04. The zero-order valence-corrected chi connectivity index (χ0v) is 14.9. The van der Waals surface area contributed by atoms with E-state index in [0.29, 0.717) is 12.1 Å². The fraction of sp³-hybridized carbons (Fsp3) is 1.00. The van der Waals surface area contributed by atoms with E-state index in [0.717, 1.165) is 31.7 Å². The van der Waals surface area contributed by atoms with Crippen molar-refractivity contribution in [3.8, 4) is 0 Å². The molecule has 22 heavy (non-hydrogen) atoms. The number of hydrogen-bond acceptors (Lipinski definition) is 4. The molecule has 3 unspecified atom stereocenters. The largest absolute Gasteiger partial charge is 0.379 e. The van der Waals surface area contributed by atoms with E-state index < -0.39 is 0 Å². The number of likely N-dealkylation sites (tertiary alicyclic amines) is 1. The Balaban J connectivity index is 0.00000176. The summed E-state index contributed by atoms with van der Waals surface area (Å²) in [5.41, 5.74) is 0. The second kappa shape index (κ2) is 9.43. The minimum atomic E-state index is 0. The fourth-order valence-electron chi connectivity index (χ4n) is 4.48. The molecule has 0 aromatic carbocycles. The van der Waals surface area contributed by atoms with E-state index in [1.165, 1.54) is 58.2 Å². The molecular weight excluding hydrogens is 298 g/mol. The molecular formula is C17H34ClN3O. The van der Waals surface area contributed by atoms with E-state index in [1.54, 1.807) is 0 Å². The molecule has 130 valence electrons. The third-order valence-corrected chi connectivity index (χ3v) is 5.61. The van der Waals surface area contributed by atoms with Gasteiger partial charge >= 0.3 is 0 Å². The average molecular weight is 332 g/mol. The molecule has 0 aromatic rings. The van der Waals surface area contributed by atoms with Crippen molar-refractivity contribution in [2.45, 2.75) is 63.6 Å². The van der Waals surface area contributed by atoms with Crippen LogP contribution in [0.2, 0.25) is 0 Å². The first-order valence-corrected chi connectivity index (χ1v) is 9.16. The molecule has 2 heterocycles. The first kappa shape index (κ1) is 18.5. The standard InChI is InChI=1S/C17H33N3O.ClH/c1-2-9-20-10-6-14(7-11-20)19-16-5-3-4-15(16)17-13-21-12-8-18-17;/h14-19H,2-13H2,1H3;1H. The number of piperidine rings is 1. The first-order valence-electron chi connectivity index (χ1n) is 9.16. The van der Waals surface area contributed by atoms with Gasteiger partial charge in [0, 0.05) is 24.7 Å². The lowest BCUT2D eigenvalue weighted by Gasteiger charge is -2.37. The van der Waals surface area contributed by atoms with Crippen LogP contribution in [-0.4, -0.2) is 62.4 Å². The van der Waals surface area contributed by atoms with Gasteiger partial charge in [0.05, 0.1) is 13.2 Å². The van der Waals surface area contributed by atoms with Gasteiger partial charge in [0.1, 0.15) is 0 Å². The maximum absolute atomic E-state index is 5.68. The number of rotatable bonds is 5. The van der Waals surface area contributed by atoms with Crippen LogP contribution in [0.5, 0.6) is 0 Å². The topological polar surface area (TPSA) is 36.5 Å². The van der Waals surface area contributed by atoms with Gasteiger partial charge in [-0.2, -0.15) is 0 Å². The van der Waals surface area contributed by atoms with E-state index in [2.05, 4.69) is 22.5 Å². The maximum atomic E-state index is 5.68. The number of hydrogen-bond donors (Lipinski definition) is 2. The van der Waals surface area contributed by atoms with E-state index in [-0.39, 0.29) is 12.4 Å². The van der Waals surface area contributed by atoms with Gasteiger partial charge in [-0.1, -0.05) is 13.3 Å². The van der Waals surface area contributed by atoms with Gasteiger partial charge < -0.3 is 20.3 Å². The van der Waals surface area contributed by atoms with Gasteiger partial charge in [-0.3, -0.25) is 0 Å². The monoisotopic (exact) mass is 331 g/mol. The molecule has 4 nitrogen and oxygen atoms in total. The summed E-state index contributed by atoms with van der Waals surface area (Å²) < 4.78 is 5.68. The van der Waals surface area contributed by atoms with Gasteiger partial charge in [-0.15, -0.1) is 12.4 Å². The summed E-state index contributed by atoms with van der Waals surface area (Å²) in [6.45, 7) is 8.97. The number of nitrogens with one attached hydrogen (secondary N) is 2. The molecule has 1 saturated carbocycles. The summed E-state index contributed by atoms with van der Waals surface area (Å²) >= 11 is 0. The number of morpholine rings is 1. The van der Waals surface area contributed by atoms with Crippen LogP contribution in [0.25, 0.3) is 0 Å². The van der Waals surface area contributed by atoms with Gasteiger partial charge in [-0.25, -0.2) is 0 Å². The van der Waals surface area contributed by atoms with E-state index in [4.69, 9.17) is 4.74 Å². The smallest absolute Gasteiger partial charge is 0.0623 e. The number of halogens is 1. The maximum Gasteiger partial charge on any atom is 0.0623 e. The second-order valence-electron chi connectivity index (χ2n) is 7.12. The van der Waals surface area contributed by atoms with Crippen LogP contribution in [0.1, 0.15) is 45.4 Å². The summed E-state index contributed by atoms with van der Waals surface area (Å²) in [7, 11) is 0. The van der Waals surface area contributed by atoms with Crippen molar-refractivity contribution in [2.75, 3.05) is 39.4 Å². The predicted octanol–water partition coefficient (Wildman–Crippen LogP) is 2.03. The van der Waals surface area contributed by atoms with Gasteiger partial charge in [0.15, 0.2) is 0 Å². The van der Waals surface area contributed by atoms with Crippen molar-refractivity contribution < 1.29 is 4.74 Å². The van der Waals surface area contributed by atoms with Crippen molar-refractivity contribution in [3.63, 3.8) is 0 Å². The molecule has 2 saturated heterocycles. The Morgan fingerprint density at radius 3 is 2.68 bits per heavy atom. The third-order valence-electron chi connectivity index (χ3n) is 5.61. The number of ether oxygens (including phenoxy) is 1. The molecule has 0 spiro atoms.